The van der Waals surface area contributed by atoms with Crippen LogP contribution in [0, 0.1) is 33.6 Å². The molecule has 0 amide bonds. The van der Waals surface area contributed by atoms with Crippen molar-refractivity contribution in [2.75, 3.05) is 6.61 Å². The van der Waals surface area contributed by atoms with Crippen LogP contribution in [-0.4, -0.2) is 45.6 Å². The molecule has 1 saturated carbocycles. The summed E-state index contributed by atoms with van der Waals surface area (Å²) in [6.45, 7) is 8.62. The number of hydrogen-bond acceptors (Lipinski definition) is 6. The zero-order valence-corrected chi connectivity index (χ0v) is 19.2. The summed E-state index contributed by atoms with van der Waals surface area (Å²) in [6, 6.07) is 7.60. The second-order valence-electron chi connectivity index (χ2n) is 8.95. The molecule has 0 saturated heterocycles. The average Bonchev–Trinajstić information content (AvgIpc) is 3.01. The van der Waals surface area contributed by atoms with Gasteiger partial charge in [0.05, 0.1) is 37.0 Å². The number of hydrogen-bond donors (Lipinski definition) is 1. The van der Waals surface area contributed by atoms with Gasteiger partial charge in [-0.05, 0) is 63.8 Å². The predicted molar refractivity (Wildman–Crippen MR) is 119 cm³/mol. The fourth-order valence-electron chi connectivity index (χ4n) is 4.43. The monoisotopic (exact) mass is 440 g/mol. The minimum absolute atomic E-state index is 0.0128. The van der Waals surface area contributed by atoms with Crippen molar-refractivity contribution in [3.05, 3.63) is 58.8 Å². The first-order valence-electron chi connectivity index (χ1n) is 11.3. The number of fused-ring (bicyclic) bond motifs is 1. The van der Waals surface area contributed by atoms with E-state index >= 15 is 0 Å². The van der Waals surface area contributed by atoms with E-state index in [0.29, 0.717) is 25.1 Å². The molecule has 1 aliphatic carbocycles. The first kappa shape index (κ1) is 22.6. The lowest BCUT2D eigenvalue weighted by Gasteiger charge is -2.37. The topological polar surface area (TPSA) is 82.8 Å². The Morgan fingerprint density at radius 1 is 1.25 bits per heavy atom. The van der Waals surface area contributed by atoms with Gasteiger partial charge in [0.2, 0.25) is 11.5 Å². The molecule has 1 fully saturated rings. The van der Waals surface area contributed by atoms with Crippen LogP contribution in [0.1, 0.15) is 41.8 Å². The minimum atomic E-state index is -0.645. The number of aryl methyl sites for hydroxylation is 2. The van der Waals surface area contributed by atoms with E-state index in [-0.39, 0.29) is 36.3 Å². The van der Waals surface area contributed by atoms with E-state index in [1.165, 1.54) is 6.26 Å². The Hall–Kier alpha value is -2.64. The lowest BCUT2D eigenvalue weighted by Crippen LogP contribution is -2.43. The van der Waals surface area contributed by atoms with Gasteiger partial charge in [0, 0.05) is 12.1 Å². The highest BCUT2D eigenvalue weighted by Crippen LogP contribution is 2.35. The summed E-state index contributed by atoms with van der Waals surface area (Å²) >= 11 is 0. The Kier molecular flexibility index (Phi) is 6.67. The maximum atomic E-state index is 12.9. The zero-order chi connectivity index (χ0) is 22.8. The molecule has 1 aromatic heterocycles. The van der Waals surface area contributed by atoms with Crippen molar-refractivity contribution in [3.63, 3.8) is 0 Å². The second kappa shape index (κ2) is 9.46. The van der Waals surface area contributed by atoms with Gasteiger partial charge < -0.3 is 19.3 Å². The number of ketones is 1. The molecule has 1 aromatic carbocycles. The van der Waals surface area contributed by atoms with Crippen molar-refractivity contribution < 1.29 is 24.1 Å². The average molecular weight is 441 g/mol. The fraction of sp³-hybridized carbons (Fsp3) is 0.520. The third kappa shape index (κ3) is 4.89. The Bertz CT molecular complexity index is 1010. The summed E-state index contributed by atoms with van der Waals surface area (Å²) in [7, 11) is 0. The molecule has 32 heavy (non-hydrogen) atoms. The Morgan fingerprint density at radius 3 is 2.78 bits per heavy atom. The van der Waals surface area contributed by atoms with Crippen molar-refractivity contribution in [1.82, 2.24) is 9.78 Å². The molecule has 1 N–H and O–H groups in total. The van der Waals surface area contributed by atoms with Gasteiger partial charge in [-0.2, -0.15) is 5.10 Å². The molecule has 7 nitrogen and oxygen atoms in total. The number of aliphatic hydroxyl groups excluding tert-OH is 1. The smallest absolute Gasteiger partial charge is 0.207 e. The lowest BCUT2D eigenvalue weighted by molar-refractivity contribution is -0.135. The van der Waals surface area contributed by atoms with Crippen LogP contribution < -0.4 is 4.74 Å². The van der Waals surface area contributed by atoms with Gasteiger partial charge in [-0.3, -0.25) is 9.48 Å². The molecule has 0 radical (unpaired) electrons. The molecule has 1 aliphatic heterocycles. The standard InChI is InChI=1S/C25H32N2O5/c1-15-6-5-7-21(10-15)32-24-14-31-23-11-20(8-9-22(23)25(24)29)30-13-19(28)12-27-18(4)16(2)17(3)26-27/h5-7,10,14,19-20,22-23,28H,8-9,11-13H2,1-4H3. The Labute approximate surface area is 189 Å². The summed E-state index contributed by atoms with van der Waals surface area (Å²) in [6.07, 6.45) is 2.57. The van der Waals surface area contributed by atoms with Crippen molar-refractivity contribution >= 4 is 5.78 Å². The van der Waals surface area contributed by atoms with E-state index in [4.69, 9.17) is 14.2 Å². The second-order valence-corrected chi connectivity index (χ2v) is 8.95. The number of carbonyl (C=O) groups excluding carboxylic acids is 1. The van der Waals surface area contributed by atoms with Crippen molar-refractivity contribution in [1.29, 1.82) is 0 Å². The number of benzene rings is 1. The van der Waals surface area contributed by atoms with Crippen LogP contribution in [-0.2, 0) is 20.8 Å². The summed E-state index contributed by atoms with van der Waals surface area (Å²) in [4.78, 5) is 12.9. The van der Waals surface area contributed by atoms with E-state index in [0.717, 1.165) is 28.9 Å². The van der Waals surface area contributed by atoms with Crippen LogP contribution in [0.4, 0.5) is 0 Å². The number of rotatable bonds is 7. The molecule has 0 bridgehead atoms. The van der Waals surface area contributed by atoms with Gasteiger partial charge in [-0.1, -0.05) is 12.1 Å². The van der Waals surface area contributed by atoms with Crippen molar-refractivity contribution in [2.24, 2.45) is 5.92 Å². The third-order valence-electron chi connectivity index (χ3n) is 6.54. The summed E-state index contributed by atoms with van der Waals surface area (Å²) in [5, 5.41) is 14.9. The summed E-state index contributed by atoms with van der Waals surface area (Å²) in [5.74, 6) is 0.658. The van der Waals surface area contributed by atoms with Crippen LogP contribution in [0.2, 0.25) is 0 Å². The first-order chi connectivity index (χ1) is 15.3. The van der Waals surface area contributed by atoms with Crippen LogP contribution >= 0.6 is 0 Å². The molecule has 2 aromatic rings. The van der Waals surface area contributed by atoms with Gasteiger partial charge in [-0.25, -0.2) is 0 Å². The number of ether oxygens (including phenoxy) is 3. The molecule has 4 atom stereocenters. The Morgan fingerprint density at radius 2 is 2.06 bits per heavy atom. The van der Waals surface area contributed by atoms with Gasteiger partial charge in [-0.15, -0.1) is 0 Å². The molecule has 0 spiro atoms. The first-order valence-corrected chi connectivity index (χ1v) is 11.3. The molecule has 172 valence electrons. The number of allylic oxidation sites excluding steroid dienone is 1. The van der Waals surface area contributed by atoms with Crippen molar-refractivity contribution in [3.8, 4) is 5.75 Å². The summed E-state index contributed by atoms with van der Waals surface area (Å²) < 4.78 is 19.5. The normalized spacial score (nSPS) is 23.8. The molecule has 7 heteroatoms. The summed E-state index contributed by atoms with van der Waals surface area (Å²) in [5.41, 5.74) is 4.26. The van der Waals surface area contributed by atoms with Gasteiger partial charge >= 0.3 is 0 Å². The molecule has 2 heterocycles. The highest BCUT2D eigenvalue weighted by Gasteiger charge is 2.41. The molecule has 4 unspecified atom stereocenters. The van der Waals surface area contributed by atoms with Gasteiger partial charge in [0.15, 0.2) is 0 Å². The van der Waals surface area contributed by atoms with Crippen LogP contribution in [0.25, 0.3) is 0 Å². The molecule has 4 rings (SSSR count). The van der Waals surface area contributed by atoms with E-state index < -0.39 is 6.10 Å². The fourth-order valence-corrected chi connectivity index (χ4v) is 4.43. The molecular weight excluding hydrogens is 408 g/mol. The number of carbonyl (C=O) groups is 1. The number of nitrogens with zero attached hydrogens (tertiary/aromatic N) is 2. The maximum absolute atomic E-state index is 12.9. The highest BCUT2D eigenvalue weighted by molar-refractivity contribution is 5.96. The quantitative estimate of drug-likeness (QED) is 0.709. The van der Waals surface area contributed by atoms with E-state index in [1.54, 1.807) is 0 Å². The van der Waals surface area contributed by atoms with Crippen LogP contribution in [0.3, 0.4) is 0 Å². The largest absolute Gasteiger partial charge is 0.493 e. The molecule has 2 aliphatic rings. The number of aromatic nitrogens is 2. The zero-order valence-electron chi connectivity index (χ0n) is 19.2. The Balaban J connectivity index is 1.29. The van der Waals surface area contributed by atoms with Gasteiger partial charge in [0.25, 0.3) is 0 Å². The van der Waals surface area contributed by atoms with E-state index in [1.807, 2.05) is 56.6 Å². The molecular formula is C25H32N2O5. The highest BCUT2D eigenvalue weighted by atomic mass is 16.5. The SMILES string of the molecule is Cc1cccc(OC2=COC3CC(OCC(O)Cn4nc(C)c(C)c4C)CCC3C2=O)c1. The van der Waals surface area contributed by atoms with E-state index in [9.17, 15) is 9.90 Å². The van der Waals surface area contributed by atoms with Crippen LogP contribution in [0.15, 0.2) is 36.3 Å². The third-order valence-corrected chi connectivity index (χ3v) is 6.54. The van der Waals surface area contributed by atoms with Gasteiger partial charge in [0.1, 0.15) is 18.1 Å². The van der Waals surface area contributed by atoms with Crippen LogP contribution in [0.5, 0.6) is 5.75 Å². The van der Waals surface area contributed by atoms with Crippen molar-refractivity contribution in [2.45, 2.75) is 71.8 Å². The van der Waals surface area contributed by atoms with E-state index in [2.05, 4.69) is 5.10 Å². The minimum Gasteiger partial charge on any atom is -0.493 e. The number of Topliss-reactive ketones (excluding diaryl/α,β-unsaturated/α-hetero) is 1. The maximum Gasteiger partial charge on any atom is 0.207 e. The number of aliphatic hydroxyl groups is 1. The lowest BCUT2D eigenvalue weighted by atomic mass is 9.80. The predicted octanol–water partition coefficient (Wildman–Crippen LogP) is 3.55.